The summed E-state index contributed by atoms with van der Waals surface area (Å²) in [5.41, 5.74) is 3.17. The number of aryl methyl sites for hydroxylation is 1. The summed E-state index contributed by atoms with van der Waals surface area (Å²) in [6, 6.07) is 18.3. The van der Waals surface area contributed by atoms with Gasteiger partial charge >= 0.3 is 0 Å². The van der Waals surface area contributed by atoms with Crippen molar-refractivity contribution in [1.82, 2.24) is 10.3 Å². The van der Waals surface area contributed by atoms with Gasteiger partial charge < -0.3 is 5.32 Å². The Morgan fingerprint density at radius 2 is 1.81 bits per heavy atom. The average Bonchev–Trinajstić information content (AvgIpc) is 2.68. The Morgan fingerprint density at radius 1 is 1.04 bits per heavy atom. The van der Waals surface area contributed by atoms with Crippen molar-refractivity contribution in [2.75, 3.05) is 4.72 Å². The molecule has 0 aliphatic heterocycles. The number of carbonyl (C=O) groups is 1. The number of nitrogens with zero attached hydrogens (tertiary/aromatic N) is 1. The van der Waals surface area contributed by atoms with Gasteiger partial charge in [0.2, 0.25) is 0 Å². The summed E-state index contributed by atoms with van der Waals surface area (Å²) < 4.78 is 15.5. The molecule has 1 heterocycles. The molecular formula is C20H19N3O2S. The Hall–Kier alpha value is -2.99. The van der Waals surface area contributed by atoms with Crippen LogP contribution in [0.3, 0.4) is 0 Å². The van der Waals surface area contributed by atoms with Crippen LogP contribution in [0.25, 0.3) is 0 Å². The molecule has 1 atom stereocenters. The predicted molar refractivity (Wildman–Crippen MR) is 103 cm³/mol. The number of anilines is 1. The van der Waals surface area contributed by atoms with Gasteiger partial charge in [-0.3, -0.25) is 14.5 Å². The van der Waals surface area contributed by atoms with Crippen molar-refractivity contribution >= 4 is 22.6 Å². The summed E-state index contributed by atoms with van der Waals surface area (Å²) in [6.45, 7) is 2.42. The number of benzene rings is 2. The Kier molecular flexibility index (Phi) is 5.76. The minimum absolute atomic E-state index is 0.259. The topological polar surface area (TPSA) is 71.1 Å². The van der Waals surface area contributed by atoms with Crippen molar-refractivity contribution in [3.8, 4) is 0 Å². The van der Waals surface area contributed by atoms with E-state index in [-0.39, 0.29) is 5.91 Å². The molecule has 0 saturated heterocycles. The number of pyridine rings is 1. The normalized spacial score (nSPS) is 11.6. The van der Waals surface area contributed by atoms with Crippen molar-refractivity contribution < 1.29 is 9.00 Å². The summed E-state index contributed by atoms with van der Waals surface area (Å²) in [5, 5.41) is 2.90. The first-order valence-electron chi connectivity index (χ1n) is 8.15. The van der Waals surface area contributed by atoms with Gasteiger partial charge in [0, 0.05) is 12.7 Å². The van der Waals surface area contributed by atoms with E-state index in [0.29, 0.717) is 22.7 Å². The fourth-order valence-electron chi connectivity index (χ4n) is 2.48. The molecule has 2 N–H and O–H groups in total. The number of carbonyl (C=O) groups excluding carboxylic acids is 1. The number of nitrogens with one attached hydrogen (secondary N) is 2. The van der Waals surface area contributed by atoms with E-state index >= 15 is 0 Å². The van der Waals surface area contributed by atoms with E-state index in [1.54, 1.807) is 48.8 Å². The third-order valence-corrected chi connectivity index (χ3v) is 5.08. The maximum absolute atomic E-state index is 12.7. The molecule has 1 unspecified atom stereocenters. The molecular weight excluding hydrogens is 346 g/mol. The summed E-state index contributed by atoms with van der Waals surface area (Å²) in [4.78, 5) is 17.0. The van der Waals surface area contributed by atoms with Crippen LogP contribution >= 0.6 is 0 Å². The van der Waals surface area contributed by atoms with Gasteiger partial charge in [-0.05, 0) is 42.3 Å². The molecule has 1 amide bonds. The van der Waals surface area contributed by atoms with Crippen molar-refractivity contribution in [1.29, 1.82) is 0 Å². The van der Waals surface area contributed by atoms with Gasteiger partial charge in [-0.1, -0.05) is 36.4 Å². The summed E-state index contributed by atoms with van der Waals surface area (Å²) >= 11 is 0. The van der Waals surface area contributed by atoms with Crippen molar-refractivity contribution in [2.45, 2.75) is 18.4 Å². The molecule has 2 aromatic carbocycles. The quantitative estimate of drug-likeness (QED) is 0.703. The van der Waals surface area contributed by atoms with E-state index in [1.807, 2.05) is 31.2 Å². The van der Waals surface area contributed by atoms with E-state index in [4.69, 9.17) is 0 Å². The van der Waals surface area contributed by atoms with Crippen LogP contribution in [-0.2, 0) is 17.5 Å². The van der Waals surface area contributed by atoms with Crippen LogP contribution in [0.4, 0.5) is 5.69 Å². The Bertz CT molecular complexity index is 929. The maximum Gasteiger partial charge on any atom is 0.252 e. The molecule has 0 aliphatic rings. The molecule has 132 valence electrons. The summed E-state index contributed by atoms with van der Waals surface area (Å²) in [6.07, 6.45) is 3.22. The highest BCUT2D eigenvalue weighted by Crippen LogP contribution is 2.16. The monoisotopic (exact) mass is 365 g/mol. The summed E-state index contributed by atoms with van der Waals surface area (Å²) in [5.74, 6) is -0.259. The van der Waals surface area contributed by atoms with Crippen LogP contribution < -0.4 is 10.0 Å². The average molecular weight is 365 g/mol. The first-order valence-corrected chi connectivity index (χ1v) is 9.30. The van der Waals surface area contributed by atoms with Crippen LogP contribution in [0, 0.1) is 6.92 Å². The lowest BCUT2D eigenvalue weighted by molar-refractivity contribution is 0.0948. The largest absolute Gasteiger partial charge is 0.348 e. The van der Waals surface area contributed by atoms with Crippen LogP contribution in [0.2, 0.25) is 0 Å². The molecule has 26 heavy (non-hydrogen) atoms. The minimum Gasteiger partial charge on any atom is -0.348 e. The first-order chi connectivity index (χ1) is 12.6. The third-order valence-electron chi connectivity index (χ3n) is 3.90. The summed E-state index contributed by atoms with van der Waals surface area (Å²) in [7, 11) is -1.57. The fraction of sp³-hybridized carbons (Fsp3) is 0.100. The molecule has 0 saturated carbocycles. The van der Waals surface area contributed by atoms with Gasteiger partial charge in [0.1, 0.15) is 0 Å². The van der Waals surface area contributed by atoms with E-state index in [1.165, 1.54) is 0 Å². The van der Waals surface area contributed by atoms with E-state index in [9.17, 15) is 9.00 Å². The highest BCUT2D eigenvalue weighted by atomic mass is 32.2. The number of amides is 1. The van der Waals surface area contributed by atoms with Crippen molar-refractivity contribution in [2.24, 2.45) is 0 Å². The Balaban J connectivity index is 1.75. The van der Waals surface area contributed by atoms with Gasteiger partial charge in [0.05, 0.1) is 22.3 Å². The lowest BCUT2D eigenvalue weighted by Crippen LogP contribution is -2.25. The molecule has 5 nitrogen and oxygen atoms in total. The van der Waals surface area contributed by atoms with Gasteiger partial charge in [-0.15, -0.1) is 0 Å². The molecule has 1 aromatic heterocycles. The van der Waals surface area contributed by atoms with Crippen LogP contribution in [0.1, 0.15) is 21.5 Å². The van der Waals surface area contributed by atoms with Crippen molar-refractivity contribution in [3.63, 3.8) is 0 Å². The number of rotatable bonds is 6. The Morgan fingerprint density at radius 3 is 2.58 bits per heavy atom. The molecule has 3 rings (SSSR count). The fourth-order valence-corrected chi connectivity index (χ4v) is 3.49. The van der Waals surface area contributed by atoms with Gasteiger partial charge in [-0.25, -0.2) is 4.21 Å². The smallest absolute Gasteiger partial charge is 0.252 e. The molecule has 0 radical (unpaired) electrons. The molecule has 0 bridgehead atoms. The zero-order valence-electron chi connectivity index (χ0n) is 14.3. The second kappa shape index (κ2) is 8.40. The molecule has 0 fully saturated rings. The molecule has 3 aromatic rings. The molecule has 6 heteroatoms. The predicted octanol–water partition coefficient (Wildman–Crippen LogP) is 3.45. The SMILES string of the molecule is Cc1ccccc1CNC(=O)c1ccccc1S(=O)Nc1cccnc1. The second-order valence-corrected chi connectivity index (χ2v) is 6.90. The lowest BCUT2D eigenvalue weighted by atomic mass is 10.1. The van der Waals surface area contributed by atoms with Gasteiger partial charge in [0.25, 0.3) is 5.91 Å². The maximum atomic E-state index is 12.7. The van der Waals surface area contributed by atoms with Crippen LogP contribution in [0.5, 0.6) is 0 Å². The first kappa shape index (κ1) is 17.8. The van der Waals surface area contributed by atoms with E-state index in [0.717, 1.165) is 11.1 Å². The number of hydrogen-bond donors (Lipinski definition) is 2. The van der Waals surface area contributed by atoms with Crippen LogP contribution in [-0.4, -0.2) is 15.1 Å². The van der Waals surface area contributed by atoms with E-state index < -0.39 is 11.0 Å². The lowest BCUT2D eigenvalue weighted by Gasteiger charge is -2.12. The van der Waals surface area contributed by atoms with Crippen molar-refractivity contribution in [3.05, 3.63) is 89.7 Å². The van der Waals surface area contributed by atoms with Gasteiger partial charge in [0.15, 0.2) is 11.0 Å². The second-order valence-electron chi connectivity index (χ2n) is 5.72. The highest BCUT2D eigenvalue weighted by molar-refractivity contribution is 7.86. The van der Waals surface area contributed by atoms with E-state index in [2.05, 4.69) is 15.0 Å². The number of aromatic nitrogens is 1. The standard InChI is InChI=1S/C20H19N3O2S/c1-15-7-2-3-8-16(15)13-22-20(24)18-10-4-5-11-19(18)26(25)23-17-9-6-12-21-14-17/h2-12,14,23H,13H2,1H3,(H,22,24). The zero-order chi connectivity index (χ0) is 18.4. The highest BCUT2D eigenvalue weighted by Gasteiger charge is 2.16. The molecule has 0 aliphatic carbocycles. The van der Waals surface area contributed by atoms with Crippen LogP contribution in [0.15, 0.2) is 78.0 Å². The minimum atomic E-state index is -1.57. The zero-order valence-corrected chi connectivity index (χ0v) is 15.1. The van der Waals surface area contributed by atoms with Gasteiger partial charge in [-0.2, -0.15) is 0 Å². The molecule has 0 spiro atoms. The number of hydrogen-bond acceptors (Lipinski definition) is 3. The Labute approximate surface area is 155 Å². The third kappa shape index (κ3) is 4.34.